The fourth-order valence-electron chi connectivity index (χ4n) is 2.71. The summed E-state index contributed by atoms with van der Waals surface area (Å²) in [4.78, 5) is 27.2. The zero-order chi connectivity index (χ0) is 16.1. The van der Waals surface area contributed by atoms with E-state index in [1.54, 1.807) is 19.1 Å². The molecule has 0 saturated carbocycles. The van der Waals surface area contributed by atoms with Gasteiger partial charge in [0.2, 0.25) is 5.91 Å². The average molecular weight is 306 g/mol. The number of carbonyl (C=O) groups excluding carboxylic acids is 2. The van der Waals surface area contributed by atoms with Crippen molar-refractivity contribution in [3.8, 4) is 0 Å². The number of halogens is 1. The van der Waals surface area contributed by atoms with E-state index in [1.165, 1.54) is 6.07 Å². The highest BCUT2D eigenvalue weighted by Gasteiger charge is 2.22. The van der Waals surface area contributed by atoms with Gasteiger partial charge in [0.05, 0.1) is 5.69 Å². The molecule has 1 amide bonds. The Bertz CT molecular complexity index is 552. The van der Waals surface area contributed by atoms with Gasteiger partial charge in [0.1, 0.15) is 5.82 Å². The molecule has 1 aromatic rings. The summed E-state index contributed by atoms with van der Waals surface area (Å²) in [5.41, 5.74) is 0.927. The van der Waals surface area contributed by atoms with Crippen LogP contribution in [0.25, 0.3) is 0 Å². The van der Waals surface area contributed by atoms with Gasteiger partial charge in [0, 0.05) is 44.6 Å². The number of piperazine rings is 1. The molecule has 120 valence electrons. The third kappa shape index (κ3) is 3.64. The lowest BCUT2D eigenvalue weighted by atomic mass is 10.1. The maximum absolute atomic E-state index is 14.2. The average Bonchev–Trinajstić information content (AvgIpc) is 2.54. The summed E-state index contributed by atoms with van der Waals surface area (Å²) in [5, 5.41) is 0. The van der Waals surface area contributed by atoms with Crippen LogP contribution in [0.1, 0.15) is 43.5 Å². The van der Waals surface area contributed by atoms with Crippen molar-refractivity contribution in [3.05, 3.63) is 29.6 Å². The first-order valence-corrected chi connectivity index (χ1v) is 7.92. The van der Waals surface area contributed by atoms with Crippen LogP contribution in [0.2, 0.25) is 0 Å². The van der Waals surface area contributed by atoms with E-state index in [-0.39, 0.29) is 17.5 Å². The Kier molecular flexibility index (Phi) is 5.52. The second-order valence-corrected chi connectivity index (χ2v) is 5.56. The van der Waals surface area contributed by atoms with E-state index in [1.807, 2.05) is 16.7 Å². The second-order valence-electron chi connectivity index (χ2n) is 5.56. The van der Waals surface area contributed by atoms with E-state index in [0.29, 0.717) is 50.3 Å². The number of carbonyl (C=O) groups is 2. The number of Topliss-reactive ketones (excluding diaryl/α,β-unsaturated/α-hetero) is 1. The molecule has 1 fully saturated rings. The Morgan fingerprint density at radius 2 is 1.82 bits per heavy atom. The molecule has 0 aliphatic carbocycles. The Hall–Kier alpha value is -1.91. The highest BCUT2D eigenvalue weighted by molar-refractivity contribution is 5.96. The molecule has 0 radical (unpaired) electrons. The molecule has 0 atom stereocenters. The Balaban J connectivity index is 2.02. The van der Waals surface area contributed by atoms with Crippen LogP contribution >= 0.6 is 0 Å². The van der Waals surface area contributed by atoms with Crippen LogP contribution in [0.15, 0.2) is 18.2 Å². The molecule has 0 N–H and O–H groups in total. The van der Waals surface area contributed by atoms with E-state index in [0.717, 1.165) is 6.42 Å². The number of rotatable bonds is 5. The number of ketones is 1. The van der Waals surface area contributed by atoms with Gasteiger partial charge in [-0.3, -0.25) is 9.59 Å². The maximum atomic E-state index is 14.2. The molecule has 0 unspecified atom stereocenters. The van der Waals surface area contributed by atoms with Crippen molar-refractivity contribution < 1.29 is 14.0 Å². The normalized spacial score (nSPS) is 15.0. The molecule has 1 saturated heterocycles. The van der Waals surface area contributed by atoms with Crippen molar-refractivity contribution in [2.24, 2.45) is 0 Å². The monoisotopic (exact) mass is 306 g/mol. The molecule has 1 aromatic carbocycles. The maximum Gasteiger partial charge on any atom is 0.222 e. The lowest BCUT2D eigenvalue weighted by molar-refractivity contribution is -0.131. The number of hydrogen-bond acceptors (Lipinski definition) is 3. The lowest BCUT2D eigenvalue weighted by Crippen LogP contribution is -2.49. The Morgan fingerprint density at radius 3 is 2.36 bits per heavy atom. The fraction of sp³-hybridized carbons (Fsp3) is 0.529. The minimum Gasteiger partial charge on any atom is -0.366 e. The molecular formula is C17H23FN2O2. The zero-order valence-corrected chi connectivity index (χ0v) is 13.3. The Morgan fingerprint density at radius 1 is 1.14 bits per heavy atom. The molecule has 1 aliphatic rings. The molecule has 2 rings (SSSR count). The third-order valence-corrected chi connectivity index (χ3v) is 4.03. The van der Waals surface area contributed by atoms with Crippen LogP contribution in [0.5, 0.6) is 0 Å². The number of benzene rings is 1. The molecule has 0 spiro atoms. The summed E-state index contributed by atoms with van der Waals surface area (Å²) in [7, 11) is 0. The Labute approximate surface area is 130 Å². The highest BCUT2D eigenvalue weighted by atomic mass is 19.1. The predicted molar refractivity (Wildman–Crippen MR) is 84.7 cm³/mol. The highest BCUT2D eigenvalue weighted by Crippen LogP contribution is 2.22. The van der Waals surface area contributed by atoms with Crippen LogP contribution in [-0.4, -0.2) is 42.8 Å². The van der Waals surface area contributed by atoms with Gasteiger partial charge in [-0.25, -0.2) is 4.39 Å². The van der Waals surface area contributed by atoms with Gasteiger partial charge in [-0.1, -0.05) is 13.8 Å². The lowest BCUT2D eigenvalue weighted by Gasteiger charge is -2.36. The van der Waals surface area contributed by atoms with Crippen LogP contribution in [0.3, 0.4) is 0 Å². The first-order chi connectivity index (χ1) is 10.6. The second kappa shape index (κ2) is 7.38. The summed E-state index contributed by atoms with van der Waals surface area (Å²) >= 11 is 0. The van der Waals surface area contributed by atoms with E-state index in [9.17, 15) is 14.0 Å². The van der Waals surface area contributed by atoms with Crippen molar-refractivity contribution in [1.29, 1.82) is 0 Å². The molecule has 4 nitrogen and oxygen atoms in total. The first kappa shape index (κ1) is 16.5. The summed E-state index contributed by atoms with van der Waals surface area (Å²) in [6.45, 7) is 6.23. The largest absolute Gasteiger partial charge is 0.366 e. The third-order valence-electron chi connectivity index (χ3n) is 4.03. The van der Waals surface area contributed by atoms with E-state index >= 15 is 0 Å². The molecular weight excluding hydrogens is 283 g/mol. The topological polar surface area (TPSA) is 40.6 Å². The van der Waals surface area contributed by atoms with Crippen LogP contribution < -0.4 is 4.90 Å². The van der Waals surface area contributed by atoms with Crippen molar-refractivity contribution in [1.82, 2.24) is 4.90 Å². The molecule has 0 aromatic heterocycles. The van der Waals surface area contributed by atoms with Crippen molar-refractivity contribution >= 4 is 17.4 Å². The van der Waals surface area contributed by atoms with Gasteiger partial charge in [0.25, 0.3) is 0 Å². The molecule has 22 heavy (non-hydrogen) atoms. The minimum atomic E-state index is -0.368. The van der Waals surface area contributed by atoms with E-state index in [2.05, 4.69) is 0 Å². The van der Waals surface area contributed by atoms with Crippen LogP contribution in [0.4, 0.5) is 10.1 Å². The SMILES string of the molecule is CCCC(=O)N1CCN(c2ccc(C(=O)CC)cc2F)CC1. The minimum absolute atomic E-state index is 0.0552. The van der Waals surface area contributed by atoms with Gasteiger partial charge >= 0.3 is 0 Å². The number of amides is 1. The van der Waals surface area contributed by atoms with Gasteiger partial charge in [-0.05, 0) is 24.6 Å². The summed E-state index contributed by atoms with van der Waals surface area (Å²) in [5.74, 6) is -0.250. The fourth-order valence-corrected chi connectivity index (χ4v) is 2.71. The smallest absolute Gasteiger partial charge is 0.222 e. The molecule has 1 heterocycles. The zero-order valence-electron chi connectivity index (χ0n) is 13.3. The molecule has 1 aliphatic heterocycles. The number of anilines is 1. The first-order valence-electron chi connectivity index (χ1n) is 7.92. The van der Waals surface area contributed by atoms with Gasteiger partial charge in [-0.15, -0.1) is 0 Å². The van der Waals surface area contributed by atoms with Crippen LogP contribution in [-0.2, 0) is 4.79 Å². The van der Waals surface area contributed by atoms with Gasteiger partial charge < -0.3 is 9.80 Å². The van der Waals surface area contributed by atoms with Crippen molar-refractivity contribution in [3.63, 3.8) is 0 Å². The number of nitrogens with zero attached hydrogens (tertiary/aromatic N) is 2. The van der Waals surface area contributed by atoms with Gasteiger partial charge in [-0.2, -0.15) is 0 Å². The van der Waals surface area contributed by atoms with Crippen molar-refractivity contribution in [2.75, 3.05) is 31.1 Å². The molecule has 5 heteroatoms. The van der Waals surface area contributed by atoms with E-state index < -0.39 is 0 Å². The number of hydrogen-bond donors (Lipinski definition) is 0. The molecule has 0 bridgehead atoms. The van der Waals surface area contributed by atoms with E-state index in [4.69, 9.17) is 0 Å². The van der Waals surface area contributed by atoms with Crippen molar-refractivity contribution in [2.45, 2.75) is 33.1 Å². The summed E-state index contributed by atoms with van der Waals surface area (Å²) < 4.78 is 14.2. The quantitative estimate of drug-likeness (QED) is 0.785. The van der Waals surface area contributed by atoms with Gasteiger partial charge in [0.15, 0.2) is 5.78 Å². The summed E-state index contributed by atoms with van der Waals surface area (Å²) in [6, 6.07) is 4.66. The standard InChI is InChI=1S/C17H23FN2O2/c1-3-5-17(22)20-10-8-19(9-11-20)15-7-6-13(12-14(15)18)16(21)4-2/h6-7,12H,3-5,8-11H2,1-2H3. The summed E-state index contributed by atoms with van der Waals surface area (Å²) in [6.07, 6.45) is 1.79. The predicted octanol–water partition coefficient (Wildman–Crippen LogP) is 2.87. The van der Waals surface area contributed by atoms with Crippen LogP contribution in [0, 0.1) is 5.82 Å².